The molecule has 2 rings (SSSR count). The number of anilines is 1. The van der Waals surface area contributed by atoms with Gasteiger partial charge in [-0.3, -0.25) is 9.59 Å². The second kappa shape index (κ2) is 22.3. The summed E-state index contributed by atoms with van der Waals surface area (Å²) in [6.07, 6.45) is 27.5. The number of hydrogen-bond donors (Lipinski definition) is 2. The zero-order valence-electron chi connectivity index (χ0n) is 24.6. The number of carbonyl (C=O) groups excluding carboxylic acids is 2. The van der Waals surface area contributed by atoms with Gasteiger partial charge in [0.05, 0.1) is 24.1 Å². The molecular weight excluding hydrogens is 484 g/mol. The molecule has 2 N–H and O–H groups in total. The minimum atomic E-state index is -0.231. The average Bonchev–Trinajstić information content (AvgIpc) is 3.47. The van der Waals surface area contributed by atoms with Crippen molar-refractivity contribution in [2.75, 3.05) is 5.32 Å². The van der Waals surface area contributed by atoms with E-state index in [4.69, 9.17) is 4.42 Å². The van der Waals surface area contributed by atoms with Gasteiger partial charge in [0.25, 0.3) is 5.91 Å². The van der Waals surface area contributed by atoms with Crippen molar-refractivity contribution in [1.29, 1.82) is 0 Å². The van der Waals surface area contributed by atoms with Crippen LogP contribution < -0.4 is 10.6 Å². The number of para-hydroxylation sites is 1. The molecule has 0 atom stereocenters. The summed E-state index contributed by atoms with van der Waals surface area (Å²) in [5.41, 5.74) is 1.02. The first kappa shape index (κ1) is 32.7. The van der Waals surface area contributed by atoms with Crippen LogP contribution in [0.5, 0.6) is 0 Å². The van der Waals surface area contributed by atoms with Crippen molar-refractivity contribution in [3.05, 3.63) is 54.0 Å². The Kier molecular flexibility index (Phi) is 18.6. The van der Waals surface area contributed by atoms with Crippen molar-refractivity contribution in [1.82, 2.24) is 5.32 Å². The molecule has 0 aliphatic heterocycles. The molecule has 0 aliphatic carbocycles. The van der Waals surface area contributed by atoms with E-state index < -0.39 is 0 Å². The fourth-order valence-electron chi connectivity index (χ4n) is 5.04. The first-order valence-electron chi connectivity index (χ1n) is 15.9. The first-order valence-corrected chi connectivity index (χ1v) is 15.9. The van der Waals surface area contributed by atoms with Gasteiger partial charge in [-0.25, -0.2) is 0 Å². The predicted molar refractivity (Wildman–Crippen MR) is 163 cm³/mol. The van der Waals surface area contributed by atoms with Crippen LogP contribution in [0.2, 0.25) is 0 Å². The van der Waals surface area contributed by atoms with E-state index in [1.807, 2.05) is 12.1 Å². The van der Waals surface area contributed by atoms with Crippen molar-refractivity contribution in [3.63, 3.8) is 0 Å². The molecule has 0 radical (unpaired) electrons. The van der Waals surface area contributed by atoms with Gasteiger partial charge in [-0.15, -0.1) is 0 Å². The molecule has 0 aliphatic rings. The number of carbonyl (C=O) groups is 2. The van der Waals surface area contributed by atoms with E-state index in [0.717, 1.165) is 12.8 Å². The number of nitrogens with one attached hydrogen (secondary N) is 2. The molecule has 0 spiro atoms. The lowest BCUT2D eigenvalue weighted by molar-refractivity contribution is -0.116. The van der Waals surface area contributed by atoms with Crippen LogP contribution in [0, 0.1) is 0 Å². The van der Waals surface area contributed by atoms with Crippen LogP contribution in [0.3, 0.4) is 0 Å². The van der Waals surface area contributed by atoms with Crippen molar-refractivity contribution in [2.24, 2.45) is 0 Å². The number of benzene rings is 1. The number of rotatable bonds is 24. The summed E-state index contributed by atoms with van der Waals surface area (Å²) < 4.78 is 5.26. The molecule has 1 heterocycles. The van der Waals surface area contributed by atoms with E-state index >= 15 is 0 Å². The fourth-order valence-corrected chi connectivity index (χ4v) is 5.04. The highest BCUT2D eigenvalue weighted by atomic mass is 16.3. The molecule has 5 heteroatoms. The summed E-state index contributed by atoms with van der Waals surface area (Å²) >= 11 is 0. The highest BCUT2D eigenvalue weighted by Gasteiger charge is 2.13. The van der Waals surface area contributed by atoms with Crippen LogP contribution in [0.15, 0.2) is 47.1 Å². The quantitative estimate of drug-likeness (QED) is 0.131. The van der Waals surface area contributed by atoms with Gasteiger partial charge >= 0.3 is 0 Å². The van der Waals surface area contributed by atoms with E-state index in [-0.39, 0.29) is 11.8 Å². The molecule has 218 valence electrons. The van der Waals surface area contributed by atoms with E-state index in [9.17, 15) is 9.59 Å². The molecule has 0 unspecified atom stereocenters. The van der Waals surface area contributed by atoms with E-state index in [1.54, 1.807) is 30.5 Å². The molecule has 2 aromatic rings. The molecule has 1 aromatic carbocycles. The monoisotopic (exact) mass is 538 g/mol. The minimum absolute atomic E-state index is 0.0340. The van der Waals surface area contributed by atoms with Gasteiger partial charge in [-0.1, -0.05) is 135 Å². The summed E-state index contributed by atoms with van der Waals surface area (Å²) in [4.78, 5) is 25.0. The van der Waals surface area contributed by atoms with Gasteiger partial charge in [-0.05, 0) is 30.7 Å². The molecule has 5 nitrogen and oxygen atoms in total. The van der Waals surface area contributed by atoms with Gasteiger partial charge in [0.2, 0.25) is 5.91 Å². The summed E-state index contributed by atoms with van der Waals surface area (Å²) in [6.45, 7) is 2.60. The maximum Gasteiger partial charge on any atom is 0.253 e. The summed E-state index contributed by atoms with van der Waals surface area (Å²) in [5, 5.41) is 5.76. The Labute approximate surface area is 237 Å². The van der Waals surface area contributed by atoms with Crippen molar-refractivity contribution in [2.45, 2.75) is 142 Å². The molecule has 2 amide bonds. The van der Waals surface area contributed by atoms with E-state index in [0.29, 0.717) is 30.0 Å². The Bertz CT molecular complexity index is 878. The standard InChI is InChI=1S/C34H54N2O3/c1-2-3-4-5-6-7-8-9-10-11-12-13-14-15-16-17-18-19-20-27-33(37)36-32-26-22-21-25-31(32)34(38)35-29-30-24-23-28-39-30/h21-26,28H,2-20,27,29H2,1H3,(H,35,38)(H,36,37). The number of hydrogen-bond acceptors (Lipinski definition) is 3. The predicted octanol–water partition coefficient (Wildman–Crippen LogP) is 9.97. The third kappa shape index (κ3) is 16.2. The van der Waals surface area contributed by atoms with Gasteiger partial charge in [0.1, 0.15) is 5.76 Å². The smallest absolute Gasteiger partial charge is 0.253 e. The molecule has 1 aromatic heterocycles. The van der Waals surface area contributed by atoms with Crippen LogP contribution in [0.25, 0.3) is 0 Å². The maximum absolute atomic E-state index is 12.6. The topological polar surface area (TPSA) is 71.3 Å². The first-order chi connectivity index (χ1) is 19.2. The van der Waals surface area contributed by atoms with Gasteiger partial charge in [-0.2, -0.15) is 0 Å². The Morgan fingerprint density at radius 3 is 1.67 bits per heavy atom. The van der Waals surface area contributed by atoms with Crippen LogP contribution in [-0.4, -0.2) is 11.8 Å². The number of amides is 2. The summed E-state index contributed by atoms with van der Waals surface area (Å²) in [6, 6.07) is 10.7. The van der Waals surface area contributed by atoms with Crippen LogP contribution in [-0.2, 0) is 11.3 Å². The number of furan rings is 1. The van der Waals surface area contributed by atoms with E-state index in [1.165, 1.54) is 109 Å². The third-order valence-electron chi connectivity index (χ3n) is 7.46. The van der Waals surface area contributed by atoms with Crippen molar-refractivity contribution in [3.8, 4) is 0 Å². The lowest BCUT2D eigenvalue weighted by Crippen LogP contribution is -2.24. The van der Waals surface area contributed by atoms with Gasteiger partial charge < -0.3 is 15.1 Å². The number of unbranched alkanes of at least 4 members (excludes halogenated alkanes) is 18. The molecule has 39 heavy (non-hydrogen) atoms. The highest BCUT2D eigenvalue weighted by molar-refractivity contribution is 6.03. The normalized spacial score (nSPS) is 11.0. The largest absolute Gasteiger partial charge is 0.467 e. The van der Waals surface area contributed by atoms with Crippen molar-refractivity contribution < 1.29 is 14.0 Å². The van der Waals surface area contributed by atoms with Gasteiger partial charge in [0.15, 0.2) is 0 Å². The Morgan fingerprint density at radius 1 is 0.641 bits per heavy atom. The molecule has 0 saturated carbocycles. The molecule has 0 fully saturated rings. The van der Waals surface area contributed by atoms with Crippen LogP contribution in [0.1, 0.15) is 151 Å². The minimum Gasteiger partial charge on any atom is -0.467 e. The Morgan fingerprint density at radius 2 is 1.15 bits per heavy atom. The average molecular weight is 539 g/mol. The summed E-state index contributed by atoms with van der Waals surface area (Å²) in [7, 11) is 0. The zero-order valence-corrected chi connectivity index (χ0v) is 24.6. The Balaban J connectivity index is 1.40. The SMILES string of the molecule is CCCCCCCCCCCCCCCCCCCCCC(=O)Nc1ccccc1C(=O)NCc1ccco1. The fraction of sp³-hybridized carbons (Fsp3) is 0.647. The highest BCUT2D eigenvalue weighted by Crippen LogP contribution is 2.17. The zero-order chi connectivity index (χ0) is 27.8. The summed E-state index contributed by atoms with van der Waals surface area (Å²) in [5.74, 6) is 0.424. The molecular formula is C34H54N2O3. The van der Waals surface area contributed by atoms with Crippen molar-refractivity contribution >= 4 is 17.5 Å². The lowest BCUT2D eigenvalue weighted by Gasteiger charge is -2.11. The third-order valence-corrected chi connectivity index (χ3v) is 7.46. The Hall–Kier alpha value is -2.56. The molecule has 0 bridgehead atoms. The lowest BCUT2D eigenvalue weighted by atomic mass is 10.0. The van der Waals surface area contributed by atoms with E-state index in [2.05, 4.69) is 17.6 Å². The van der Waals surface area contributed by atoms with Crippen LogP contribution in [0.4, 0.5) is 5.69 Å². The second-order valence-corrected chi connectivity index (χ2v) is 11.0. The maximum atomic E-state index is 12.6. The molecule has 0 saturated heterocycles. The van der Waals surface area contributed by atoms with Gasteiger partial charge in [0, 0.05) is 6.42 Å². The second-order valence-electron chi connectivity index (χ2n) is 11.0. The van der Waals surface area contributed by atoms with Crippen LogP contribution >= 0.6 is 0 Å².